The van der Waals surface area contributed by atoms with Crippen molar-refractivity contribution < 1.29 is 0 Å². The van der Waals surface area contributed by atoms with Gasteiger partial charge in [0, 0.05) is 24.0 Å². The summed E-state index contributed by atoms with van der Waals surface area (Å²) in [6.45, 7) is 12.5. The van der Waals surface area contributed by atoms with E-state index in [0.717, 1.165) is 30.3 Å². The SMILES string of the molecule is Cc1nc(CN(C)C)nc(C)c1C(C)CNC(C)C. The molecule has 1 heterocycles. The number of nitrogens with one attached hydrogen (secondary N) is 1. The van der Waals surface area contributed by atoms with Crippen molar-refractivity contribution in [3.63, 3.8) is 0 Å². The summed E-state index contributed by atoms with van der Waals surface area (Å²) >= 11 is 0. The molecule has 0 aliphatic carbocycles. The van der Waals surface area contributed by atoms with Crippen LogP contribution in [-0.4, -0.2) is 41.5 Å². The lowest BCUT2D eigenvalue weighted by molar-refractivity contribution is 0.389. The minimum atomic E-state index is 0.441. The molecule has 0 aliphatic rings. The van der Waals surface area contributed by atoms with E-state index in [2.05, 4.69) is 54.8 Å². The van der Waals surface area contributed by atoms with Crippen LogP contribution in [0.2, 0.25) is 0 Å². The molecule has 0 saturated carbocycles. The normalized spacial score (nSPS) is 13.3. The topological polar surface area (TPSA) is 41.1 Å². The Balaban J connectivity index is 2.90. The molecule has 19 heavy (non-hydrogen) atoms. The van der Waals surface area contributed by atoms with Crippen molar-refractivity contribution in [1.82, 2.24) is 20.2 Å². The van der Waals surface area contributed by atoms with E-state index in [4.69, 9.17) is 0 Å². The minimum absolute atomic E-state index is 0.441. The van der Waals surface area contributed by atoms with E-state index < -0.39 is 0 Å². The lowest BCUT2D eigenvalue weighted by atomic mass is 9.97. The fourth-order valence-electron chi connectivity index (χ4n) is 2.38. The molecule has 4 heteroatoms. The first-order chi connectivity index (χ1) is 8.81. The van der Waals surface area contributed by atoms with E-state index in [-0.39, 0.29) is 0 Å². The van der Waals surface area contributed by atoms with Gasteiger partial charge in [0.25, 0.3) is 0 Å². The molecule has 4 nitrogen and oxygen atoms in total. The highest BCUT2D eigenvalue weighted by molar-refractivity contribution is 5.28. The largest absolute Gasteiger partial charge is 0.314 e. The van der Waals surface area contributed by atoms with Gasteiger partial charge in [0.05, 0.1) is 6.54 Å². The monoisotopic (exact) mass is 264 g/mol. The predicted molar refractivity (Wildman–Crippen MR) is 80.5 cm³/mol. The Hall–Kier alpha value is -1.00. The van der Waals surface area contributed by atoms with Crippen molar-refractivity contribution in [1.29, 1.82) is 0 Å². The van der Waals surface area contributed by atoms with Crippen LogP contribution in [0.15, 0.2) is 0 Å². The molecule has 0 bridgehead atoms. The van der Waals surface area contributed by atoms with E-state index in [9.17, 15) is 0 Å². The minimum Gasteiger partial charge on any atom is -0.314 e. The second-order valence-corrected chi connectivity index (χ2v) is 5.93. The summed E-state index contributed by atoms with van der Waals surface area (Å²) < 4.78 is 0. The molecule has 1 unspecified atom stereocenters. The number of aromatic nitrogens is 2. The second kappa shape index (κ2) is 6.96. The Morgan fingerprint density at radius 2 is 1.58 bits per heavy atom. The third kappa shape index (κ3) is 4.88. The van der Waals surface area contributed by atoms with Gasteiger partial charge in [-0.3, -0.25) is 0 Å². The van der Waals surface area contributed by atoms with Crippen LogP contribution in [0.5, 0.6) is 0 Å². The number of nitrogens with zero attached hydrogens (tertiary/aromatic N) is 3. The van der Waals surface area contributed by atoms with E-state index in [1.807, 2.05) is 14.1 Å². The second-order valence-electron chi connectivity index (χ2n) is 5.93. The standard InChI is InChI=1S/C15H28N4/c1-10(2)16-8-11(3)15-12(4)17-14(9-19(6)7)18-13(15)5/h10-11,16H,8-9H2,1-7H3. The smallest absolute Gasteiger partial charge is 0.142 e. The van der Waals surface area contributed by atoms with E-state index in [0.29, 0.717) is 12.0 Å². The lowest BCUT2D eigenvalue weighted by Gasteiger charge is -2.20. The molecule has 1 atom stereocenters. The predicted octanol–water partition coefficient (Wildman–Crippen LogP) is 2.26. The van der Waals surface area contributed by atoms with Gasteiger partial charge in [-0.05, 0) is 39.4 Å². The summed E-state index contributed by atoms with van der Waals surface area (Å²) in [7, 11) is 4.08. The summed E-state index contributed by atoms with van der Waals surface area (Å²) in [6, 6.07) is 0.511. The quantitative estimate of drug-likeness (QED) is 0.855. The number of rotatable bonds is 6. The maximum atomic E-state index is 4.64. The highest BCUT2D eigenvalue weighted by Gasteiger charge is 2.15. The van der Waals surface area contributed by atoms with Crippen LogP contribution >= 0.6 is 0 Å². The van der Waals surface area contributed by atoms with Crippen molar-refractivity contribution in [2.24, 2.45) is 0 Å². The first-order valence-corrected chi connectivity index (χ1v) is 7.03. The van der Waals surface area contributed by atoms with Gasteiger partial charge < -0.3 is 10.2 Å². The van der Waals surface area contributed by atoms with Crippen LogP contribution in [0.1, 0.15) is 49.5 Å². The summed E-state index contributed by atoms with van der Waals surface area (Å²) in [5, 5.41) is 3.48. The Bertz CT molecular complexity index is 390. The third-order valence-electron chi connectivity index (χ3n) is 3.16. The summed E-state index contributed by atoms with van der Waals surface area (Å²) in [4.78, 5) is 11.4. The van der Waals surface area contributed by atoms with E-state index >= 15 is 0 Å². The lowest BCUT2D eigenvalue weighted by Crippen LogP contribution is -2.28. The molecule has 0 aliphatic heterocycles. The van der Waals surface area contributed by atoms with Gasteiger partial charge in [0.1, 0.15) is 5.82 Å². The van der Waals surface area contributed by atoms with Crippen LogP contribution in [0.4, 0.5) is 0 Å². The molecule has 0 radical (unpaired) electrons. The van der Waals surface area contributed by atoms with Crippen molar-refractivity contribution in [2.45, 2.75) is 53.1 Å². The first kappa shape index (κ1) is 16.1. The van der Waals surface area contributed by atoms with Gasteiger partial charge in [-0.1, -0.05) is 20.8 Å². The fourth-order valence-corrected chi connectivity index (χ4v) is 2.38. The third-order valence-corrected chi connectivity index (χ3v) is 3.16. The average molecular weight is 264 g/mol. The number of aryl methyl sites for hydroxylation is 2. The van der Waals surface area contributed by atoms with Crippen LogP contribution in [0, 0.1) is 13.8 Å². The van der Waals surface area contributed by atoms with Gasteiger partial charge in [-0.25, -0.2) is 9.97 Å². The highest BCUT2D eigenvalue weighted by Crippen LogP contribution is 2.21. The zero-order chi connectivity index (χ0) is 14.6. The van der Waals surface area contributed by atoms with Crippen molar-refractivity contribution in [3.8, 4) is 0 Å². The fraction of sp³-hybridized carbons (Fsp3) is 0.733. The molecule has 0 aromatic carbocycles. The van der Waals surface area contributed by atoms with Crippen LogP contribution < -0.4 is 5.32 Å². The zero-order valence-corrected chi connectivity index (χ0v) is 13.4. The van der Waals surface area contributed by atoms with E-state index in [1.54, 1.807) is 0 Å². The Labute approximate surface area is 117 Å². The molecule has 108 valence electrons. The Morgan fingerprint density at radius 1 is 1.05 bits per heavy atom. The van der Waals surface area contributed by atoms with Crippen molar-refractivity contribution in [2.75, 3.05) is 20.6 Å². The zero-order valence-electron chi connectivity index (χ0n) is 13.4. The van der Waals surface area contributed by atoms with Crippen molar-refractivity contribution >= 4 is 0 Å². The molecule has 1 N–H and O–H groups in total. The summed E-state index contributed by atoms with van der Waals surface area (Å²) in [5.74, 6) is 1.35. The van der Waals surface area contributed by atoms with Crippen LogP contribution in [-0.2, 0) is 6.54 Å². The van der Waals surface area contributed by atoms with Crippen molar-refractivity contribution in [3.05, 3.63) is 22.8 Å². The average Bonchev–Trinajstić information content (AvgIpc) is 2.24. The Kier molecular flexibility index (Phi) is 5.88. The number of hydrogen-bond acceptors (Lipinski definition) is 4. The first-order valence-electron chi connectivity index (χ1n) is 7.03. The van der Waals surface area contributed by atoms with Gasteiger partial charge in [0.2, 0.25) is 0 Å². The van der Waals surface area contributed by atoms with Gasteiger partial charge in [0.15, 0.2) is 0 Å². The molecule has 1 aromatic rings. The molecule has 0 fully saturated rings. The summed E-state index contributed by atoms with van der Waals surface area (Å²) in [6.07, 6.45) is 0. The molecular weight excluding hydrogens is 236 g/mol. The van der Waals surface area contributed by atoms with Gasteiger partial charge in [-0.2, -0.15) is 0 Å². The van der Waals surface area contributed by atoms with Crippen LogP contribution in [0.3, 0.4) is 0 Å². The Morgan fingerprint density at radius 3 is 2.00 bits per heavy atom. The molecule has 0 spiro atoms. The maximum Gasteiger partial charge on any atom is 0.142 e. The van der Waals surface area contributed by atoms with Crippen LogP contribution in [0.25, 0.3) is 0 Å². The van der Waals surface area contributed by atoms with Gasteiger partial charge in [-0.15, -0.1) is 0 Å². The maximum absolute atomic E-state index is 4.64. The molecule has 0 saturated heterocycles. The molecular formula is C15H28N4. The molecule has 0 amide bonds. The van der Waals surface area contributed by atoms with Gasteiger partial charge >= 0.3 is 0 Å². The highest BCUT2D eigenvalue weighted by atomic mass is 15.1. The summed E-state index contributed by atoms with van der Waals surface area (Å²) in [5.41, 5.74) is 3.51. The molecule has 1 aromatic heterocycles. The number of hydrogen-bond donors (Lipinski definition) is 1. The van der Waals surface area contributed by atoms with E-state index in [1.165, 1.54) is 5.56 Å². The molecule has 1 rings (SSSR count).